The zero-order valence-corrected chi connectivity index (χ0v) is 10.7. The number of aryl methyl sites for hydroxylation is 1. The molecule has 0 saturated heterocycles. The van der Waals surface area contributed by atoms with Crippen LogP contribution in [0.15, 0.2) is 29.9 Å². The lowest BCUT2D eigenvalue weighted by molar-refractivity contribution is -0.385. The molecule has 0 unspecified atom stereocenters. The van der Waals surface area contributed by atoms with E-state index in [-0.39, 0.29) is 10.6 Å². The minimum Gasteiger partial charge on any atom is -0.380 e. The van der Waals surface area contributed by atoms with Crippen LogP contribution in [0.3, 0.4) is 0 Å². The first-order valence-electron chi connectivity index (χ1n) is 5.59. The molecule has 0 bridgehead atoms. The standard InChI is InChI=1S/C12H13N3O2S/c1-2-9-3-4-10(5-12(9)15(16)17)14-7-11-6-13-8-18-11/h3-6,8,14H,2,7H2,1H3. The van der Waals surface area contributed by atoms with Crippen LogP contribution in [0.5, 0.6) is 0 Å². The Morgan fingerprint density at radius 3 is 2.94 bits per heavy atom. The van der Waals surface area contributed by atoms with Gasteiger partial charge in [0, 0.05) is 28.4 Å². The lowest BCUT2D eigenvalue weighted by Gasteiger charge is -2.06. The van der Waals surface area contributed by atoms with E-state index in [0.717, 1.165) is 16.1 Å². The van der Waals surface area contributed by atoms with Crippen LogP contribution in [0.1, 0.15) is 17.4 Å². The second kappa shape index (κ2) is 5.59. The number of anilines is 1. The smallest absolute Gasteiger partial charge is 0.274 e. The minimum atomic E-state index is -0.337. The molecule has 0 atom stereocenters. The van der Waals surface area contributed by atoms with E-state index < -0.39 is 0 Å². The van der Waals surface area contributed by atoms with Crippen molar-refractivity contribution in [2.75, 3.05) is 5.32 Å². The van der Waals surface area contributed by atoms with Crippen LogP contribution in [0.25, 0.3) is 0 Å². The highest BCUT2D eigenvalue weighted by Crippen LogP contribution is 2.24. The molecule has 6 heteroatoms. The van der Waals surface area contributed by atoms with E-state index in [2.05, 4.69) is 10.3 Å². The van der Waals surface area contributed by atoms with Crippen molar-refractivity contribution in [1.29, 1.82) is 0 Å². The van der Waals surface area contributed by atoms with E-state index in [9.17, 15) is 10.1 Å². The van der Waals surface area contributed by atoms with Gasteiger partial charge in [0.15, 0.2) is 0 Å². The van der Waals surface area contributed by atoms with Crippen LogP contribution in [-0.4, -0.2) is 9.91 Å². The third-order valence-electron chi connectivity index (χ3n) is 2.61. The Morgan fingerprint density at radius 2 is 2.33 bits per heavy atom. The van der Waals surface area contributed by atoms with Gasteiger partial charge in [-0.05, 0) is 12.5 Å². The van der Waals surface area contributed by atoms with Crippen molar-refractivity contribution in [3.8, 4) is 0 Å². The highest BCUT2D eigenvalue weighted by atomic mass is 32.1. The van der Waals surface area contributed by atoms with Gasteiger partial charge in [-0.3, -0.25) is 15.1 Å². The van der Waals surface area contributed by atoms with E-state index in [0.29, 0.717) is 13.0 Å². The Balaban J connectivity index is 2.14. The normalized spacial score (nSPS) is 10.3. The van der Waals surface area contributed by atoms with Gasteiger partial charge in [-0.15, -0.1) is 11.3 Å². The van der Waals surface area contributed by atoms with Crippen LogP contribution in [0, 0.1) is 10.1 Å². The molecule has 0 radical (unpaired) electrons. The predicted molar refractivity (Wildman–Crippen MR) is 71.9 cm³/mol. The molecule has 0 aliphatic rings. The Labute approximate surface area is 109 Å². The maximum absolute atomic E-state index is 10.9. The number of thiazole rings is 1. The summed E-state index contributed by atoms with van der Waals surface area (Å²) in [6, 6.07) is 5.25. The summed E-state index contributed by atoms with van der Waals surface area (Å²) in [6.45, 7) is 2.54. The maximum atomic E-state index is 10.9. The number of hydrogen-bond donors (Lipinski definition) is 1. The highest BCUT2D eigenvalue weighted by molar-refractivity contribution is 7.09. The molecule has 2 rings (SSSR count). The number of nitro benzene ring substituents is 1. The van der Waals surface area contributed by atoms with Crippen LogP contribution in [-0.2, 0) is 13.0 Å². The number of aromatic nitrogens is 1. The van der Waals surface area contributed by atoms with Gasteiger partial charge in [0.25, 0.3) is 5.69 Å². The number of rotatable bonds is 5. The monoisotopic (exact) mass is 263 g/mol. The predicted octanol–water partition coefficient (Wildman–Crippen LogP) is 3.23. The first-order chi connectivity index (χ1) is 8.70. The van der Waals surface area contributed by atoms with Gasteiger partial charge in [0.2, 0.25) is 0 Å². The van der Waals surface area contributed by atoms with Gasteiger partial charge in [0.05, 0.1) is 17.0 Å². The molecular weight excluding hydrogens is 250 g/mol. The molecule has 0 fully saturated rings. The Kier molecular flexibility index (Phi) is 3.88. The van der Waals surface area contributed by atoms with Gasteiger partial charge in [-0.25, -0.2) is 0 Å². The molecule has 0 saturated carbocycles. The quantitative estimate of drug-likeness (QED) is 0.664. The van der Waals surface area contributed by atoms with Crippen LogP contribution >= 0.6 is 11.3 Å². The molecule has 1 aromatic carbocycles. The third-order valence-corrected chi connectivity index (χ3v) is 3.39. The minimum absolute atomic E-state index is 0.173. The molecule has 0 spiro atoms. The van der Waals surface area contributed by atoms with Gasteiger partial charge >= 0.3 is 0 Å². The third kappa shape index (κ3) is 2.84. The number of nitrogens with zero attached hydrogens (tertiary/aromatic N) is 2. The summed E-state index contributed by atoms with van der Waals surface area (Å²) in [5, 5.41) is 14.1. The van der Waals surface area contributed by atoms with Crippen molar-refractivity contribution >= 4 is 22.7 Å². The van der Waals surface area contributed by atoms with Gasteiger partial charge in [0.1, 0.15) is 0 Å². The lowest BCUT2D eigenvalue weighted by atomic mass is 10.1. The number of nitrogens with one attached hydrogen (secondary N) is 1. The van der Waals surface area contributed by atoms with Crippen molar-refractivity contribution in [2.24, 2.45) is 0 Å². The lowest BCUT2D eigenvalue weighted by Crippen LogP contribution is -2.00. The molecule has 0 aliphatic heterocycles. The molecule has 2 aromatic rings. The maximum Gasteiger partial charge on any atom is 0.274 e. The fourth-order valence-electron chi connectivity index (χ4n) is 1.66. The van der Waals surface area contributed by atoms with E-state index in [4.69, 9.17) is 0 Å². The number of nitro groups is 1. The summed E-state index contributed by atoms with van der Waals surface area (Å²) in [7, 11) is 0. The fourth-order valence-corrected chi connectivity index (χ4v) is 2.20. The molecule has 1 N–H and O–H groups in total. The molecule has 94 valence electrons. The number of benzene rings is 1. The SMILES string of the molecule is CCc1ccc(NCc2cncs2)cc1[N+](=O)[O-]. The van der Waals surface area contributed by atoms with Crippen LogP contribution in [0.4, 0.5) is 11.4 Å². The molecule has 18 heavy (non-hydrogen) atoms. The van der Waals surface area contributed by atoms with E-state index >= 15 is 0 Å². The second-order valence-electron chi connectivity index (χ2n) is 3.78. The topological polar surface area (TPSA) is 68.1 Å². The summed E-state index contributed by atoms with van der Waals surface area (Å²) in [5.41, 5.74) is 3.45. The van der Waals surface area contributed by atoms with Crippen LogP contribution in [0.2, 0.25) is 0 Å². The second-order valence-corrected chi connectivity index (χ2v) is 4.75. The van der Waals surface area contributed by atoms with Gasteiger partial charge in [-0.1, -0.05) is 13.0 Å². The van der Waals surface area contributed by atoms with E-state index in [1.54, 1.807) is 35.2 Å². The average molecular weight is 263 g/mol. The molecule has 0 amide bonds. The zero-order chi connectivity index (χ0) is 13.0. The number of hydrogen-bond acceptors (Lipinski definition) is 5. The van der Waals surface area contributed by atoms with Crippen molar-refractivity contribution in [3.63, 3.8) is 0 Å². The van der Waals surface area contributed by atoms with E-state index in [1.165, 1.54) is 0 Å². The highest BCUT2D eigenvalue weighted by Gasteiger charge is 2.12. The van der Waals surface area contributed by atoms with Crippen molar-refractivity contribution in [1.82, 2.24) is 4.98 Å². The average Bonchev–Trinajstić information content (AvgIpc) is 2.89. The first-order valence-corrected chi connectivity index (χ1v) is 6.47. The summed E-state index contributed by atoms with van der Waals surface area (Å²) in [6.07, 6.45) is 2.44. The Bertz CT molecular complexity index is 540. The van der Waals surface area contributed by atoms with Gasteiger partial charge < -0.3 is 5.32 Å². The molecule has 0 aliphatic carbocycles. The Morgan fingerprint density at radius 1 is 1.50 bits per heavy atom. The summed E-state index contributed by atoms with van der Waals surface area (Å²) >= 11 is 1.55. The zero-order valence-electron chi connectivity index (χ0n) is 9.92. The molecule has 1 aromatic heterocycles. The molecular formula is C12H13N3O2S. The Hall–Kier alpha value is -1.95. The van der Waals surface area contributed by atoms with Crippen LogP contribution < -0.4 is 5.32 Å². The summed E-state index contributed by atoms with van der Waals surface area (Å²) in [5.74, 6) is 0. The molecule has 5 nitrogen and oxygen atoms in total. The van der Waals surface area contributed by atoms with E-state index in [1.807, 2.05) is 13.0 Å². The van der Waals surface area contributed by atoms with Crippen molar-refractivity contribution in [3.05, 3.63) is 50.5 Å². The summed E-state index contributed by atoms with van der Waals surface area (Å²) in [4.78, 5) is 15.7. The molecule has 1 heterocycles. The van der Waals surface area contributed by atoms with Crippen molar-refractivity contribution in [2.45, 2.75) is 19.9 Å². The summed E-state index contributed by atoms with van der Waals surface area (Å²) < 4.78 is 0. The van der Waals surface area contributed by atoms with Gasteiger partial charge in [-0.2, -0.15) is 0 Å². The van der Waals surface area contributed by atoms with Crippen molar-refractivity contribution < 1.29 is 4.92 Å². The largest absolute Gasteiger partial charge is 0.380 e. The fraction of sp³-hybridized carbons (Fsp3) is 0.250. The first kappa shape index (κ1) is 12.5.